The number of hydrogen-bond donors (Lipinski definition) is 1. The predicted molar refractivity (Wildman–Crippen MR) is 120 cm³/mol. The highest BCUT2D eigenvalue weighted by atomic mass is 35.5. The van der Waals surface area contributed by atoms with Gasteiger partial charge in [-0.1, -0.05) is 35.0 Å². The Labute approximate surface area is 191 Å². The van der Waals surface area contributed by atoms with Gasteiger partial charge >= 0.3 is 0 Å². The van der Waals surface area contributed by atoms with Crippen LogP contribution in [0.1, 0.15) is 19.4 Å². The van der Waals surface area contributed by atoms with Gasteiger partial charge in [0.1, 0.15) is 0 Å². The molecule has 0 amide bonds. The monoisotopic (exact) mass is 491 g/mol. The van der Waals surface area contributed by atoms with Crippen LogP contribution in [0.3, 0.4) is 0 Å². The third-order valence-corrected chi connectivity index (χ3v) is 7.76. The number of piperazine rings is 1. The Morgan fingerprint density at radius 2 is 1.69 bits per heavy atom. The Bertz CT molecular complexity index is 1010. The van der Waals surface area contributed by atoms with Crippen LogP contribution >= 0.6 is 47.4 Å². The van der Waals surface area contributed by atoms with Crippen LogP contribution in [-0.4, -0.2) is 37.9 Å². The molecule has 0 bridgehead atoms. The van der Waals surface area contributed by atoms with Gasteiger partial charge < -0.3 is 5.32 Å². The van der Waals surface area contributed by atoms with E-state index in [1.54, 1.807) is 30.3 Å². The molecule has 1 fully saturated rings. The maximum absolute atomic E-state index is 13.4. The van der Waals surface area contributed by atoms with Crippen molar-refractivity contribution in [2.24, 2.45) is 0 Å². The van der Waals surface area contributed by atoms with E-state index in [1.165, 1.54) is 22.1 Å². The standard InChI is InChI=1S/C19H19Cl2N3O2S2.ClH/c1-12-10-24(11-13(2)23-12)28(25,26)19-5-14(9-22)3-4-18(19)27-17-7-15(20)6-16(21)8-17;/h3-8,12-13,23H,10-11H2,1-2H3;1H. The second kappa shape index (κ2) is 9.88. The molecule has 0 aliphatic carbocycles. The second-order valence-electron chi connectivity index (χ2n) is 6.77. The summed E-state index contributed by atoms with van der Waals surface area (Å²) in [7, 11) is -3.78. The SMILES string of the molecule is CC1CN(S(=O)(=O)c2cc(C#N)ccc2Sc2cc(Cl)cc(Cl)c2)CC(C)N1.Cl. The van der Waals surface area contributed by atoms with Crippen LogP contribution in [-0.2, 0) is 10.0 Å². The summed E-state index contributed by atoms with van der Waals surface area (Å²) in [6.07, 6.45) is 0. The van der Waals surface area contributed by atoms with Crippen molar-refractivity contribution in [1.82, 2.24) is 9.62 Å². The van der Waals surface area contributed by atoms with Crippen LogP contribution in [0.25, 0.3) is 0 Å². The van der Waals surface area contributed by atoms with E-state index in [4.69, 9.17) is 23.2 Å². The van der Waals surface area contributed by atoms with Gasteiger partial charge in [-0.25, -0.2) is 8.42 Å². The zero-order valence-corrected chi connectivity index (χ0v) is 19.7. The minimum absolute atomic E-state index is 0. The average Bonchev–Trinajstić information content (AvgIpc) is 2.60. The van der Waals surface area contributed by atoms with E-state index in [-0.39, 0.29) is 29.4 Å². The summed E-state index contributed by atoms with van der Waals surface area (Å²) >= 11 is 13.4. The molecule has 0 saturated carbocycles. The Morgan fingerprint density at radius 1 is 1.10 bits per heavy atom. The zero-order chi connectivity index (χ0) is 20.5. The van der Waals surface area contributed by atoms with Crippen molar-refractivity contribution in [3.8, 4) is 6.07 Å². The van der Waals surface area contributed by atoms with Crippen LogP contribution in [0.4, 0.5) is 0 Å². The smallest absolute Gasteiger partial charge is 0.244 e. The molecule has 0 spiro atoms. The van der Waals surface area contributed by atoms with Gasteiger partial charge in [-0.05, 0) is 50.2 Å². The van der Waals surface area contributed by atoms with Gasteiger partial charge in [-0.15, -0.1) is 12.4 Å². The van der Waals surface area contributed by atoms with Crippen LogP contribution < -0.4 is 5.32 Å². The van der Waals surface area contributed by atoms with Crippen molar-refractivity contribution >= 4 is 57.4 Å². The first kappa shape index (κ1) is 24.3. The van der Waals surface area contributed by atoms with Gasteiger partial charge in [0.15, 0.2) is 0 Å². The summed E-state index contributed by atoms with van der Waals surface area (Å²) in [5.74, 6) is 0. The number of benzene rings is 2. The number of rotatable bonds is 4. The predicted octanol–water partition coefficient (Wildman–Crippen LogP) is 4.81. The van der Waals surface area contributed by atoms with Gasteiger partial charge in [0.2, 0.25) is 10.0 Å². The number of halogens is 3. The molecule has 1 heterocycles. The minimum atomic E-state index is -3.78. The average molecular weight is 493 g/mol. The number of nitrogens with zero attached hydrogens (tertiary/aromatic N) is 2. The Balaban J connectivity index is 0.00000300. The van der Waals surface area contributed by atoms with Crippen LogP contribution in [0.5, 0.6) is 0 Å². The van der Waals surface area contributed by atoms with E-state index in [1.807, 2.05) is 19.9 Å². The van der Waals surface area contributed by atoms with Crippen LogP contribution in [0, 0.1) is 11.3 Å². The van der Waals surface area contributed by atoms with Crippen molar-refractivity contribution < 1.29 is 8.42 Å². The summed E-state index contributed by atoms with van der Waals surface area (Å²) in [6, 6.07) is 11.9. The fourth-order valence-electron chi connectivity index (χ4n) is 3.19. The maximum atomic E-state index is 13.4. The van der Waals surface area contributed by atoms with Gasteiger partial charge in [0.25, 0.3) is 0 Å². The summed E-state index contributed by atoms with van der Waals surface area (Å²) in [5.41, 5.74) is 0.295. The highest BCUT2D eigenvalue weighted by Crippen LogP contribution is 2.37. The lowest BCUT2D eigenvalue weighted by molar-refractivity contribution is 0.262. The maximum Gasteiger partial charge on any atom is 0.244 e. The Morgan fingerprint density at radius 3 is 2.24 bits per heavy atom. The third-order valence-electron chi connectivity index (χ3n) is 4.28. The van der Waals surface area contributed by atoms with Gasteiger partial charge in [0.05, 0.1) is 16.5 Å². The molecule has 1 aliphatic heterocycles. The number of nitrogens with one attached hydrogen (secondary N) is 1. The molecule has 0 radical (unpaired) electrons. The lowest BCUT2D eigenvalue weighted by Crippen LogP contribution is -2.55. The molecule has 5 nitrogen and oxygen atoms in total. The summed E-state index contributed by atoms with van der Waals surface area (Å²) < 4.78 is 28.3. The molecule has 3 rings (SSSR count). The normalized spacial score (nSPS) is 20.0. The van der Waals surface area contributed by atoms with Crippen molar-refractivity contribution in [3.05, 3.63) is 52.0 Å². The molecule has 1 N–H and O–H groups in total. The van der Waals surface area contributed by atoms with E-state index >= 15 is 0 Å². The third kappa shape index (κ3) is 5.80. The van der Waals surface area contributed by atoms with Crippen LogP contribution in [0.2, 0.25) is 10.0 Å². The molecule has 0 aromatic heterocycles. The van der Waals surface area contributed by atoms with Crippen molar-refractivity contribution in [2.75, 3.05) is 13.1 Å². The number of hydrogen-bond acceptors (Lipinski definition) is 5. The molecular formula is C19H20Cl3N3O2S2. The topological polar surface area (TPSA) is 73.2 Å². The van der Waals surface area contributed by atoms with Crippen LogP contribution in [0.15, 0.2) is 51.1 Å². The summed E-state index contributed by atoms with van der Waals surface area (Å²) in [4.78, 5) is 1.37. The van der Waals surface area contributed by atoms with E-state index in [0.29, 0.717) is 33.6 Å². The summed E-state index contributed by atoms with van der Waals surface area (Å²) in [6.45, 7) is 4.65. The highest BCUT2D eigenvalue weighted by Gasteiger charge is 2.33. The largest absolute Gasteiger partial charge is 0.309 e. The first-order valence-corrected chi connectivity index (χ1v) is 11.6. The van der Waals surface area contributed by atoms with Crippen molar-refractivity contribution in [3.63, 3.8) is 0 Å². The van der Waals surface area contributed by atoms with E-state index in [0.717, 1.165) is 4.90 Å². The Kier molecular flexibility index (Phi) is 8.28. The van der Waals surface area contributed by atoms with Gasteiger partial charge in [-0.2, -0.15) is 9.57 Å². The molecule has 2 aromatic rings. The molecule has 156 valence electrons. The van der Waals surface area contributed by atoms with E-state index < -0.39 is 10.0 Å². The van der Waals surface area contributed by atoms with Crippen molar-refractivity contribution in [1.29, 1.82) is 5.26 Å². The molecule has 10 heteroatoms. The minimum Gasteiger partial charge on any atom is -0.309 e. The quantitative estimate of drug-likeness (QED) is 0.663. The molecule has 29 heavy (non-hydrogen) atoms. The van der Waals surface area contributed by atoms with E-state index in [9.17, 15) is 13.7 Å². The fraction of sp³-hybridized carbons (Fsp3) is 0.316. The van der Waals surface area contributed by atoms with E-state index in [2.05, 4.69) is 5.32 Å². The molecular weight excluding hydrogens is 473 g/mol. The lowest BCUT2D eigenvalue weighted by Gasteiger charge is -2.35. The molecule has 1 saturated heterocycles. The van der Waals surface area contributed by atoms with Crippen molar-refractivity contribution in [2.45, 2.75) is 40.6 Å². The first-order valence-electron chi connectivity index (χ1n) is 8.63. The lowest BCUT2D eigenvalue weighted by atomic mass is 10.2. The van der Waals surface area contributed by atoms with Gasteiger partial charge in [0, 0.05) is 45.0 Å². The fourth-order valence-corrected chi connectivity index (χ4v) is 6.92. The molecule has 2 atom stereocenters. The molecule has 2 unspecified atom stereocenters. The second-order valence-corrected chi connectivity index (χ2v) is 10.7. The van der Waals surface area contributed by atoms with Gasteiger partial charge in [-0.3, -0.25) is 0 Å². The Hall–Kier alpha value is -0.980. The summed E-state index contributed by atoms with van der Waals surface area (Å²) in [5, 5.41) is 13.5. The highest BCUT2D eigenvalue weighted by molar-refractivity contribution is 8.00. The number of nitriles is 1. The first-order chi connectivity index (χ1) is 13.2. The number of sulfonamides is 1. The zero-order valence-electron chi connectivity index (χ0n) is 15.7. The molecule has 1 aliphatic rings. The molecule has 2 aromatic carbocycles.